The van der Waals surface area contributed by atoms with E-state index in [-0.39, 0.29) is 11.2 Å². The van der Waals surface area contributed by atoms with Gasteiger partial charge in [0.2, 0.25) is 0 Å². The van der Waals surface area contributed by atoms with E-state index < -0.39 is 0 Å². The molecule has 20 heavy (non-hydrogen) atoms. The van der Waals surface area contributed by atoms with E-state index in [2.05, 4.69) is 25.2 Å². The fourth-order valence-electron chi connectivity index (χ4n) is 4.38. The lowest BCUT2D eigenvalue weighted by atomic mass is 9.61. The van der Waals surface area contributed by atoms with Gasteiger partial charge in [0.25, 0.3) is 0 Å². The molecule has 0 aromatic heterocycles. The van der Waals surface area contributed by atoms with Gasteiger partial charge in [-0.2, -0.15) is 0 Å². The fourth-order valence-corrected chi connectivity index (χ4v) is 4.38. The summed E-state index contributed by atoms with van der Waals surface area (Å²) in [6.45, 7) is 6.35. The number of nitrogens with one attached hydrogen (secondary N) is 1. The molecule has 3 heteroatoms. The topological polar surface area (TPSA) is 21.3 Å². The van der Waals surface area contributed by atoms with Crippen molar-refractivity contribution in [2.24, 2.45) is 5.41 Å². The van der Waals surface area contributed by atoms with Gasteiger partial charge in [0.05, 0.1) is 12.2 Å². The summed E-state index contributed by atoms with van der Waals surface area (Å²) in [7, 11) is 0. The Bertz CT molecular complexity index is 466. The van der Waals surface area contributed by atoms with Crippen LogP contribution in [0, 0.1) is 11.2 Å². The predicted molar refractivity (Wildman–Crippen MR) is 78.3 cm³/mol. The molecule has 1 aromatic carbocycles. The molecule has 2 saturated heterocycles. The highest BCUT2D eigenvalue weighted by Crippen LogP contribution is 2.50. The Kier molecular flexibility index (Phi) is 3.83. The average molecular weight is 277 g/mol. The molecule has 3 rings (SSSR count). The van der Waals surface area contributed by atoms with Gasteiger partial charge in [-0.15, -0.1) is 0 Å². The smallest absolute Gasteiger partial charge is 0.123 e. The lowest BCUT2D eigenvalue weighted by Crippen LogP contribution is -2.49. The van der Waals surface area contributed by atoms with Crippen molar-refractivity contribution < 1.29 is 9.13 Å². The summed E-state index contributed by atoms with van der Waals surface area (Å²) in [6.07, 6.45) is 3.92. The van der Waals surface area contributed by atoms with Crippen molar-refractivity contribution in [3.63, 3.8) is 0 Å². The third kappa shape index (κ3) is 2.61. The van der Waals surface area contributed by atoms with Crippen LogP contribution in [-0.2, 0) is 4.74 Å². The fraction of sp³-hybridized carbons (Fsp3) is 0.647. The Balaban J connectivity index is 1.94. The van der Waals surface area contributed by atoms with Crippen LogP contribution in [0.15, 0.2) is 24.3 Å². The summed E-state index contributed by atoms with van der Waals surface area (Å²) < 4.78 is 19.5. The van der Waals surface area contributed by atoms with Crippen LogP contribution >= 0.6 is 0 Å². The number of rotatable bonds is 1. The maximum atomic E-state index is 13.6. The van der Waals surface area contributed by atoms with Crippen LogP contribution in [-0.4, -0.2) is 25.3 Å². The Hall–Kier alpha value is -0.930. The first-order valence-electron chi connectivity index (χ1n) is 7.71. The summed E-state index contributed by atoms with van der Waals surface area (Å²) in [5.41, 5.74) is 1.40. The molecule has 2 nitrogen and oxygen atoms in total. The van der Waals surface area contributed by atoms with Crippen molar-refractivity contribution in [3.05, 3.63) is 35.6 Å². The maximum Gasteiger partial charge on any atom is 0.123 e. The second kappa shape index (κ2) is 5.45. The van der Waals surface area contributed by atoms with Crippen LogP contribution in [0.4, 0.5) is 4.39 Å². The van der Waals surface area contributed by atoms with Gasteiger partial charge in [-0.25, -0.2) is 4.39 Å². The van der Waals surface area contributed by atoms with Crippen LogP contribution in [0.3, 0.4) is 0 Å². The molecule has 0 bridgehead atoms. The number of benzene rings is 1. The SMILES string of the molecule is CC1CC2(CCNCC2c2cccc(F)c2)CC(C)O1. The Morgan fingerprint density at radius 2 is 2.00 bits per heavy atom. The standard InChI is InChI=1S/C17H24FNO/c1-12-9-17(10-13(2)20-12)6-7-19-11-16(17)14-4-3-5-15(18)8-14/h3-5,8,12-13,16,19H,6-7,9-11H2,1-2H3. The molecule has 0 radical (unpaired) electrons. The third-order valence-corrected chi connectivity index (χ3v) is 4.99. The minimum absolute atomic E-state index is 0.128. The molecule has 1 N–H and O–H groups in total. The molecule has 1 aromatic rings. The highest BCUT2D eigenvalue weighted by molar-refractivity contribution is 5.25. The van der Waals surface area contributed by atoms with Crippen molar-refractivity contribution in [1.82, 2.24) is 5.32 Å². The molecule has 2 aliphatic heterocycles. The molecule has 110 valence electrons. The van der Waals surface area contributed by atoms with Crippen LogP contribution in [0.2, 0.25) is 0 Å². The number of ether oxygens (including phenoxy) is 1. The van der Waals surface area contributed by atoms with Crippen molar-refractivity contribution in [1.29, 1.82) is 0 Å². The second-order valence-corrected chi connectivity index (χ2v) is 6.59. The highest BCUT2D eigenvalue weighted by atomic mass is 19.1. The maximum absolute atomic E-state index is 13.6. The Morgan fingerprint density at radius 3 is 2.70 bits per heavy atom. The minimum atomic E-state index is -0.128. The second-order valence-electron chi connectivity index (χ2n) is 6.59. The molecule has 2 fully saturated rings. The van der Waals surface area contributed by atoms with Crippen LogP contribution in [0.1, 0.15) is 44.6 Å². The minimum Gasteiger partial charge on any atom is -0.376 e. The number of hydrogen-bond acceptors (Lipinski definition) is 2. The Labute approximate surface area is 120 Å². The summed E-state index contributed by atoms with van der Waals surface area (Å²) >= 11 is 0. The molecule has 0 amide bonds. The van der Waals surface area contributed by atoms with Gasteiger partial charge in [-0.1, -0.05) is 12.1 Å². The summed E-state index contributed by atoms with van der Waals surface area (Å²) in [5.74, 6) is 0.261. The van der Waals surface area contributed by atoms with Gasteiger partial charge >= 0.3 is 0 Å². The quantitative estimate of drug-likeness (QED) is 0.848. The van der Waals surface area contributed by atoms with Crippen LogP contribution in [0.5, 0.6) is 0 Å². The molecule has 2 heterocycles. The zero-order chi connectivity index (χ0) is 14.2. The molecular weight excluding hydrogens is 253 g/mol. The van der Waals surface area contributed by atoms with Crippen molar-refractivity contribution in [2.45, 2.75) is 51.2 Å². The van der Waals surface area contributed by atoms with Crippen molar-refractivity contribution in [3.8, 4) is 0 Å². The van der Waals surface area contributed by atoms with E-state index >= 15 is 0 Å². The van der Waals surface area contributed by atoms with Gasteiger partial charge in [-0.3, -0.25) is 0 Å². The van der Waals surface area contributed by atoms with Gasteiger partial charge in [0.1, 0.15) is 5.82 Å². The summed E-state index contributed by atoms with van der Waals surface area (Å²) in [5, 5.41) is 3.49. The number of halogens is 1. The van der Waals surface area contributed by atoms with E-state index in [9.17, 15) is 4.39 Å². The van der Waals surface area contributed by atoms with E-state index in [0.717, 1.165) is 37.9 Å². The molecule has 2 aliphatic rings. The van der Waals surface area contributed by atoms with E-state index in [4.69, 9.17) is 4.74 Å². The van der Waals surface area contributed by atoms with Crippen molar-refractivity contribution in [2.75, 3.05) is 13.1 Å². The largest absolute Gasteiger partial charge is 0.376 e. The highest BCUT2D eigenvalue weighted by Gasteiger charge is 2.46. The average Bonchev–Trinajstić information content (AvgIpc) is 2.37. The van der Waals surface area contributed by atoms with E-state index in [1.165, 1.54) is 6.07 Å². The molecule has 3 atom stereocenters. The van der Waals surface area contributed by atoms with E-state index in [0.29, 0.717) is 18.1 Å². The van der Waals surface area contributed by atoms with E-state index in [1.54, 1.807) is 6.07 Å². The normalized spacial score (nSPS) is 38.0. The predicted octanol–water partition coefficient (Wildman–Crippen LogP) is 3.48. The molecule has 3 unspecified atom stereocenters. The summed E-state index contributed by atoms with van der Waals surface area (Å²) in [6, 6.07) is 7.15. The monoisotopic (exact) mass is 277 g/mol. The molecular formula is C17H24FNO. The van der Waals surface area contributed by atoms with Gasteiger partial charge < -0.3 is 10.1 Å². The first kappa shape index (κ1) is 14.0. The Morgan fingerprint density at radius 1 is 1.25 bits per heavy atom. The van der Waals surface area contributed by atoms with Crippen molar-refractivity contribution >= 4 is 0 Å². The molecule has 0 aliphatic carbocycles. The summed E-state index contributed by atoms with van der Waals surface area (Å²) in [4.78, 5) is 0. The van der Waals surface area contributed by atoms with Gasteiger partial charge in [-0.05, 0) is 62.8 Å². The first-order valence-corrected chi connectivity index (χ1v) is 7.71. The zero-order valence-electron chi connectivity index (χ0n) is 12.4. The first-order chi connectivity index (χ1) is 9.59. The molecule has 1 spiro atoms. The van der Waals surface area contributed by atoms with Crippen LogP contribution < -0.4 is 5.32 Å². The number of hydrogen-bond donors (Lipinski definition) is 1. The zero-order valence-corrected chi connectivity index (χ0v) is 12.4. The third-order valence-electron chi connectivity index (χ3n) is 4.99. The molecule has 0 saturated carbocycles. The lowest BCUT2D eigenvalue weighted by molar-refractivity contribution is -0.103. The van der Waals surface area contributed by atoms with Crippen LogP contribution in [0.25, 0.3) is 0 Å². The van der Waals surface area contributed by atoms with Gasteiger partial charge in [0, 0.05) is 12.5 Å². The van der Waals surface area contributed by atoms with Gasteiger partial charge in [0.15, 0.2) is 0 Å². The van der Waals surface area contributed by atoms with E-state index in [1.807, 2.05) is 6.07 Å². The number of piperidine rings is 1. The lowest BCUT2D eigenvalue weighted by Gasteiger charge is -2.50.